The van der Waals surface area contributed by atoms with Crippen LogP contribution in [-0.2, 0) is 10.1 Å². The van der Waals surface area contributed by atoms with Crippen molar-refractivity contribution in [1.29, 1.82) is 0 Å². The molecule has 0 aromatic heterocycles. The van der Waals surface area contributed by atoms with Gasteiger partial charge in [-0.05, 0) is 32.7 Å². The number of hydrogen-bond donors (Lipinski definition) is 2. The highest BCUT2D eigenvalue weighted by Crippen LogP contribution is 2.10. The number of allylic oxidation sites excluding steroid dienone is 1. The molecule has 0 aliphatic carbocycles. The van der Waals surface area contributed by atoms with Crippen molar-refractivity contribution >= 4 is 10.1 Å². The fraction of sp³-hybridized carbons (Fsp3) is 0.889. The van der Waals surface area contributed by atoms with E-state index in [0.29, 0.717) is 6.54 Å². The number of nitrogens with one attached hydrogen (secondary N) is 1. The quantitative estimate of drug-likeness (QED) is 0.290. The molecule has 1 atom stereocenters. The summed E-state index contributed by atoms with van der Waals surface area (Å²) in [7, 11) is -3.98. The zero-order valence-electron chi connectivity index (χ0n) is 15.9. The molecule has 0 amide bonds. The Balaban J connectivity index is 0. The monoisotopic (exact) mass is 349 g/mol. The van der Waals surface area contributed by atoms with Crippen LogP contribution in [0.2, 0.25) is 0 Å². The standard InChI is InChI=1S/C14H31NO3S.C4H8/c1-4-5-6-7-8-9-10-11-12-15-14(13(2)3)19(16,17)18;1-4(2)3/h13-15H,4-12H2,1-3H3,(H,16,17,18);1H2,2-3H3. The highest BCUT2D eigenvalue weighted by Gasteiger charge is 2.25. The van der Waals surface area contributed by atoms with E-state index in [1.807, 2.05) is 13.8 Å². The molecular weight excluding hydrogens is 310 g/mol. The zero-order chi connectivity index (χ0) is 18.3. The highest BCUT2D eigenvalue weighted by atomic mass is 32.2. The molecule has 2 N–H and O–H groups in total. The van der Waals surface area contributed by atoms with Gasteiger partial charge >= 0.3 is 0 Å². The van der Waals surface area contributed by atoms with Crippen molar-refractivity contribution in [2.45, 2.75) is 91.4 Å². The van der Waals surface area contributed by atoms with Gasteiger partial charge in [0.15, 0.2) is 0 Å². The predicted octanol–water partition coefficient (Wildman–Crippen LogP) is 5.17. The molecule has 0 aromatic rings. The fourth-order valence-corrected chi connectivity index (χ4v) is 3.20. The Morgan fingerprint density at radius 3 is 1.74 bits per heavy atom. The van der Waals surface area contributed by atoms with E-state index < -0.39 is 15.5 Å². The Hall–Kier alpha value is -0.390. The Morgan fingerprint density at radius 2 is 1.39 bits per heavy atom. The molecule has 23 heavy (non-hydrogen) atoms. The molecule has 5 heteroatoms. The second kappa shape index (κ2) is 15.2. The van der Waals surface area contributed by atoms with Crippen LogP contribution in [0.15, 0.2) is 12.2 Å². The van der Waals surface area contributed by atoms with E-state index in [1.54, 1.807) is 13.8 Å². The van der Waals surface area contributed by atoms with Crippen molar-refractivity contribution in [2.24, 2.45) is 5.92 Å². The molecule has 140 valence electrons. The van der Waals surface area contributed by atoms with Crippen LogP contribution in [0.1, 0.15) is 86.0 Å². The Bertz CT molecular complexity index is 374. The molecule has 4 nitrogen and oxygen atoms in total. The Morgan fingerprint density at radius 1 is 1.00 bits per heavy atom. The second-order valence-electron chi connectivity index (χ2n) is 6.82. The van der Waals surface area contributed by atoms with Gasteiger partial charge in [0, 0.05) is 0 Å². The summed E-state index contributed by atoms with van der Waals surface area (Å²) in [6.07, 6.45) is 9.80. The lowest BCUT2D eigenvalue weighted by Crippen LogP contribution is -2.41. The van der Waals surface area contributed by atoms with Gasteiger partial charge in [0.25, 0.3) is 10.1 Å². The molecule has 0 saturated heterocycles. The van der Waals surface area contributed by atoms with E-state index >= 15 is 0 Å². The minimum atomic E-state index is -3.98. The summed E-state index contributed by atoms with van der Waals surface area (Å²) in [4.78, 5) is 0. The molecule has 1 unspecified atom stereocenters. The van der Waals surface area contributed by atoms with Gasteiger partial charge in [-0.25, -0.2) is 0 Å². The van der Waals surface area contributed by atoms with Crippen LogP contribution in [0.3, 0.4) is 0 Å². The van der Waals surface area contributed by atoms with Crippen LogP contribution in [0.25, 0.3) is 0 Å². The molecule has 0 aliphatic heterocycles. The van der Waals surface area contributed by atoms with Crippen molar-refractivity contribution in [2.75, 3.05) is 6.54 Å². The molecule has 0 radical (unpaired) electrons. The van der Waals surface area contributed by atoms with Crippen LogP contribution in [0.5, 0.6) is 0 Å². The SMILES string of the molecule is C=C(C)C.CCCCCCCCCCNC(C(C)C)S(=O)(=O)O. The molecule has 0 fully saturated rings. The first-order valence-electron chi connectivity index (χ1n) is 8.94. The third-order valence-corrected chi connectivity index (χ3v) is 4.66. The largest absolute Gasteiger partial charge is 0.299 e. The van der Waals surface area contributed by atoms with Crippen molar-refractivity contribution in [1.82, 2.24) is 5.32 Å². The number of hydrogen-bond acceptors (Lipinski definition) is 3. The average Bonchev–Trinajstić information content (AvgIpc) is 2.38. The molecule has 0 aliphatic rings. The second-order valence-corrected chi connectivity index (χ2v) is 8.35. The lowest BCUT2D eigenvalue weighted by atomic mass is 10.1. The van der Waals surface area contributed by atoms with Crippen molar-refractivity contribution in [3.63, 3.8) is 0 Å². The minimum absolute atomic E-state index is 0.121. The van der Waals surface area contributed by atoms with Crippen LogP contribution >= 0.6 is 0 Å². The van der Waals surface area contributed by atoms with Gasteiger partial charge in [-0.3, -0.25) is 9.87 Å². The van der Waals surface area contributed by atoms with Gasteiger partial charge in [-0.1, -0.05) is 71.3 Å². The highest BCUT2D eigenvalue weighted by molar-refractivity contribution is 7.86. The first kappa shape index (κ1) is 24.9. The molecule has 0 heterocycles. The molecule has 0 bridgehead atoms. The number of rotatable bonds is 12. The maximum absolute atomic E-state index is 11.1. The first-order chi connectivity index (χ1) is 10.6. The van der Waals surface area contributed by atoms with E-state index in [9.17, 15) is 8.42 Å². The lowest BCUT2D eigenvalue weighted by Gasteiger charge is -2.19. The molecule has 0 spiro atoms. The first-order valence-corrected chi connectivity index (χ1v) is 10.4. The third-order valence-electron chi connectivity index (χ3n) is 3.30. The summed E-state index contributed by atoms with van der Waals surface area (Å²) in [5.41, 5.74) is 1.17. The normalized spacial score (nSPS) is 12.7. The van der Waals surface area contributed by atoms with Crippen molar-refractivity contribution < 1.29 is 13.0 Å². The van der Waals surface area contributed by atoms with Crippen LogP contribution in [-0.4, -0.2) is 24.9 Å². The van der Waals surface area contributed by atoms with E-state index in [0.717, 1.165) is 12.8 Å². The molecule has 0 rings (SSSR count). The fourth-order valence-electron chi connectivity index (χ4n) is 2.19. The molecular formula is C18H39NO3S. The van der Waals surface area contributed by atoms with Crippen molar-refractivity contribution in [3.05, 3.63) is 12.2 Å². The predicted molar refractivity (Wildman–Crippen MR) is 101 cm³/mol. The topological polar surface area (TPSA) is 66.4 Å². The summed E-state index contributed by atoms with van der Waals surface area (Å²) < 4.78 is 31.3. The summed E-state index contributed by atoms with van der Waals surface area (Å²) in [6.45, 7) is 13.9. The Labute approximate surface area is 144 Å². The maximum Gasteiger partial charge on any atom is 0.281 e. The van der Waals surface area contributed by atoms with Crippen LogP contribution in [0.4, 0.5) is 0 Å². The van der Waals surface area contributed by atoms with E-state index in [1.165, 1.54) is 44.1 Å². The third kappa shape index (κ3) is 19.6. The summed E-state index contributed by atoms with van der Waals surface area (Å²) in [5, 5.41) is 2.10. The summed E-state index contributed by atoms with van der Waals surface area (Å²) in [6, 6.07) is 0. The van der Waals surface area contributed by atoms with Crippen LogP contribution < -0.4 is 5.32 Å². The summed E-state index contributed by atoms with van der Waals surface area (Å²) >= 11 is 0. The van der Waals surface area contributed by atoms with Gasteiger partial charge in [0.2, 0.25) is 0 Å². The smallest absolute Gasteiger partial charge is 0.281 e. The van der Waals surface area contributed by atoms with Gasteiger partial charge in [0.05, 0.1) is 0 Å². The summed E-state index contributed by atoms with van der Waals surface area (Å²) in [5.74, 6) is -0.121. The lowest BCUT2D eigenvalue weighted by molar-refractivity contribution is 0.406. The average molecular weight is 350 g/mol. The van der Waals surface area contributed by atoms with E-state index in [-0.39, 0.29) is 5.92 Å². The molecule has 0 saturated carbocycles. The van der Waals surface area contributed by atoms with E-state index in [2.05, 4.69) is 18.8 Å². The van der Waals surface area contributed by atoms with Crippen LogP contribution in [0, 0.1) is 5.92 Å². The van der Waals surface area contributed by atoms with Crippen molar-refractivity contribution in [3.8, 4) is 0 Å². The van der Waals surface area contributed by atoms with Gasteiger partial charge in [0.1, 0.15) is 5.37 Å². The maximum atomic E-state index is 11.1. The minimum Gasteiger partial charge on any atom is -0.299 e. The Kier molecular flexibility index (Phi) is 16.4. The number of unbranched alkanes of at least 4 members (excludes halogenated alkanes) is 7. The molecule has 0 aromatic carbocycles. The zero-order valence-corrected chi connectivity index (χ0v) is 16.7. The van der Waals surface area contributed by atoms with E-state index in [4.69, 9.17) is 4.55 Å². The van der Waals surface area contributed by atoms with Gasteiger partial charge in [-0.15, -0.1) is 6.58 Å². The van der Waals surface area contributed by atoms with Gasteiger partial charge < -0.3 is 0 Å². The van der Waals surface area contributed by atoms with Gasteiger partial charge in [-0.2, -0.15) is 8.42 Å².